The van der Waals surface area contributed by atoms with E-state index in [-0.39, 0.29) is 36.7 Å². The molecule has 2 heterocycles. The number of aromatic nitrogens is 3. The zero-order valence-corrected chi connectivity index (χ0v) is 16.7. The van der Waals surface area contributed by atoms with Crippen LogP contribution >= 0.6 is 0 Å². The van der Waals surface area contributed by atoms with E-state index in [0.29, 0.717) is 22.2 Å². The normalized spacial score (nSPS) is 11.0. The summed E-state index contributed by atoms with van der Waals surface area (Å²) in [5, 5.41) is 0. The molecule has 31 heavy (non-hydrogen) atoms. The first kappa shape index (κ1) is 20.3. The Labute approximate surface area is 176 Å². The van der Waals surface area contributed by atoms with Gasteiger partial charge in [0.05, 0.1) is 29.7 Å². The number of fused-ring (bicyclic) bond motifs is 2. The molecule has 0 aliphatic rings. The summed E-state index contributed by atoms with van der Waals surface area (Å²) in [5.41, 5.74) is 8.55. The lowest BCUT2D eigenvalue weighted by molar-refractivity contribution is 0.0488. The number of anilines is 1. The van der Waals surface area contributed by atoms with Crippen LogP contribution in [-0.4, -0.2) is 39.7 Å². The van der Waals surface area contributed by atoms with Crippen molar-refractivity contribution in [2.24, 2.45) is 0 Å². The molecule has 8 nitrogen and oxygen atoms in total. The molecule has 0 amide bonds. The van der Waals surface area contributed by atoms with Crippen molar-refractivity contribution in [3.05, 3.63) is 65.5 Å². The minimum atomic E-state index is -0.600. The van der Waals surface area contributed by atoms with E-state index >= 15 is 0 Å². The number of hydrogen-bond donors (Lipinski definition) is 1. The molecule has 2 N–H and O–H groups in total. The molecule has 0 radical (unpaired) electrons. The molecule has 4 aromatic rings. The van der Waals surface area contributed by atoms with Crippen molar-refractivity contribution in [2.45, 2.75) is 13.5 Å². The van der Waals surface area contributed by atoms with E-state index in [1.54, 1.807) is 23.6 Å². The lowest BCUT2D eigenvalue weighted by atomic mass is 10.2. The van der Waals surface area contributed by atoms with Gasteiger partial charge in [0, 0.05) is 0 Å². The second-order valence-electron chi connectivity index (χ2n) is 6.66. The van der Waals surface area contributed by atoms with Crippen LogP contribution in [0.15, 0.2) is 48.5 Å². The minimum absolute atomic E-state index is 0.0407. The number of ether oxygens (including phenoxy) is 2. The predicted octanol–water partition coefficient (Wildman–Crippen LogP) is 3.34. The predicted molar refractivity (Wildman–Crippen MR) is 112 cm³/mol. The minimum Gasteiger partial charge on any atom is -0.462 e. The molecule has 0 bridgehead atoms. The fourth-order valence-corrected chi connectivity index (χ4v) is 3.25. The maximum absolute atomic E-state index is 13.0. The molecule has 2 aromatic heterocycles. The Morgan fingerprint density at radius 2 is 1.68 bits per heavy atom. The highest BCUT2D eigenvalue weighted by molar-refractivity contribution is 6.08. The number of benzene rings is 2. The van der Waals surface area contributed by atoms with E-state index in [4.69, 9.17) is 15.2 Å². The number of nitrogens with zero attached hydrogens (tertiary/aromatic N) is 3. The van der Waals surface area contributed by atoms with Crippen molar-refractivity contribution in [3.63, 3.8) is 0 Å². The Morgan fingerprint density at radius 1 is 1.00 bits per heavy atom. The standard InChI is InChI=1S/C22H19FN4O4/c1-2-30-22(29)17-18-20(26-16-6-4-3-5-15(16)25-18)27(19(17)24)11-12-31-21(28)13-7-9-14(23)10-8-13/h3-10H,2,11-12,24H2,1H3. The number of halogens is 1. The monoisotopic (exact) mass is 422 g/mol. The Balaban J connectivity index is 1.66. The molecule has 0 saturated heterocycles. The van der Waals surface area contributed by atoms with Gasteiger partial charge in [-0.3, -0.25) is 0 Å². The summed E-state index contributed by atoms with van der Waals surface area (Å²) >= 11 is 0. The molecule has 4 rings (SSSR count). The summed E-state index contributed by atoms with van der Waals surface area (Å²) in [6.07, 6.45) is 0. The summed E-state index contributed by atoms with van der Waals surface area (Å²) in [6.45, 7) is 1.98. The van der Waals surface area contributed by atoms with Gasteiger partial charge in [0.1, 0.15) is 29.3 Å². The van der Waals surface area contributed by atoms with Crippen molar-refractivity contribution in [1.82, 2.24) is 14.5 Å². The van der Waals surface area contributed by atoms with E-state index < -0.39 is 17.8 Å². The van der Waals surface area contributed by atoms with Crippen LogP contribution in [-0.2, 0) is 16.0 Å². The fourth-order valence-electron chi connectivity index (χ4n) is 3.25. The quantitative estimate of drug-likeness (QED) is 0.475. The van der Waals surface area contributed by atoms with Gasteiger partial charge in [0.15, 0.2) is 5.65 Å². The van der Waals surface area contributed by atoms with E-state index in [0.717, 1.165) is 0 Å². The number of carbonyl (C=O) groups excluding carboxylic acids is 2. The Hall–Kier alpha value is -4.01. The van der Waals surface area contributed by atoms with Crippen LogP contribution in [0, 0.1) is 5.82 Å². The average Bonchev–Trinajstić information content (AvgIpc) is 3.03. The summed E-state index contributed by atoms with van der Waals surface area (Å²) in [5.74, 6) is -1.52. The SMILES string of the molecule is CCOC(=O)c1c(N)n(CCOC(=O)c2ccc(F)cc2)c2nc3ccccc3nc12. The lowest BCUT2D eigenvalue weighted by Gasteiger charge is -2.09. The number of carbonyl (C=O) groups is 2. The van der Waals surface area contributed by atoms with Crippen LogP contribution in [0.3, 0.4) is 0 Å². The first-order valence-corrected chi connectivity index (χ1v) is 9.64. The number of rotatable bonds is 6. The number of hydrogen-bond acceptors (Lipinski definition) is 7. The van der Waals surface area contributed by atoms with Gasteiger partial charge >= 0.3 is 11.9 Å². The third-order valence-electron chi connectivity index (χ3n) is 4.70. The summed E-state index contributed by atoms with van der Waals surface area (Å²) < 4.78 is 25.0. The largest absolute Gasteiger partial charge is 0.462 e. The van der Waals surface area contributed by atoms with Crippen molar-refractivity contribution in [2.75, 3.05) is 18.9 Å². The molecule has 0 fully saturated rings. The highest BCUT2D eigenvalue weighted by Gasteiger charge is 2.25. The molecule has 0 spiro atoms. The van der Waals surface area contributed by atoms with Crippen LogP contribution in [0.1, 0.15) is 27.6 Å². The second kappa shape index (κ2) is 8.39. The molecular formula is C22H19FN4O4. The molecule has 0 aliphatic heterocycles. The van der Waals surface area contributed by atoms with E-state index in [1.165, 1.54) is 24.3 Å². The number of para-hydroxylation sites is 2. The van der Waals surface area contributed by atoms with Crippen molar-refractivity contribution >= 4 is 40.0 Å². The Bertz CT molecular complexity index is 1280. The zero-order chi connectivity index (χ0) is 22.0. The van der Waals surface area contributed by atoms with Gasteiger partial charge < -0.3 is 19.8 Å². The topological polar surface area (TPSA) is 109 Å². The van der Waals surface area contributed by atoms with Gasteiger partial charge in [-0.05, 0) is 43.3 Å². The van der Waals surface area contributed by atoms with Gasteiger partial charge in [0.25, 0.3) is 0 Å². The summed E-state index contributed by atoms with van der Waals surface area (Å²) in [4.78, 5) is 33.9. The first-order chi connectivity index (χ1) is 15.0. The van der Waals surface area contributed by atoms with Gasteiger partial charge in [-0.25, -0.2) is 23.9 Å². The van der Waals surface area contributed by atoms with Crippen molar-refractivity contribution in [1.29, 1.82) is 0 Å². The van der Waals surface area contributed by atoms with Gasteiger partial charge in [-0.15, -0.1) is 0 Å². The third-order valence-corrected chi connectivity index (χ3v) is 4.70. The van der Waals surface area contributed by atoms with Crippen LogP contribution in [0.2, 0.25) is 0 Å². The first-order valence-electron chi connectivity index (χ1n) is 9.64. The highest BCUT2D eigenvalue weighted by Crippen LogP contribution is 2.28. The fraction of sp³-hybridized carbons (Fsp3) is 0.182. The van der Waals surface area contributed by atoms with Crippen molar-refractivity contribution < 1.29 is 23.5 Å². The molecule has 0 aliphatic carbocycles. The maximum atomic E-state index is 13.0. The van der Waals surface area contributed by atoms with Gasteiger partial charge in [-0.1, -0.05) is 12.1 Å². The second-order valence-corrected chi connectivity index (χ2v) is 6.66. The molecule has 0 saturated carbocycles. The van der Waals surface area contributed by atoms with Crippen LogP contribution in [0.25, 0.3) is 22.2 Å². The van der Waals surface area contributed by atoms with E-state index in [9.17, 15) is 14.0 Å². The molecular weight excluding hydrogens is 403 g/mol. The van der Waals surface area contributed by atoms with Gasteiger partial charge in [0.2, 0.25) is 0 Å². The Kier molecular flexibility index (Phi) is 5.48. The molecule has 0 atom stereocenters. The number of esters is 2. The zero-order valence-electron chi connectivity index (χ0n) is 16.7. The maximum Gasteiger partial charge on any atom is 0.344 e. The third kappa shape index (κ3) is 3.89. The molecule has 158 valence electrons. The van der Waals surface area contributed by atoms with E-state index in [1.807, 2.05) is 12.1 Å². The van der Waals surface area contributed by atoms with E-state index in [2.05, 4.69) is 9.97 Å². The summed E-state index contributed by atoms with van der Waals surface area (Å²) in [6, 6.07) is 12.3. The average molecular weight is 422 g/mol. The van der Waals surface area contributed by atoms with Crippen LogP contribution in [0.5, 0.6) is 0 Å². The molecule has 0 unspecified atom stereocenters. The summed E-state index contributed by atoms with van der Waals surface area (Å²) in [7, 11) is 0. The number of nitrogens with two attached hydrogens (primary N) is 1. The number of nitrogen functional groups attached to an aromatic ring is 1. The highest BCUT2D eigenvalue weighted by atomic mass is 19.1. The van der Waals surface area contributed by atoms with Crippen molar-refractivity contribution in [3.8, 4) is 0 Å². The molecule has 9 heteroatoms. The van der Waals surface area contributed by atoms with Crippen LogP contribution in [0.4, 0.5) is 10.2 Å². The Morgan fingerprint density at radius 3 is 2.35 bits per heavy atom. The lowest BCUT2D eigenvalue weighted by Crippen LogP contribution is -2.14. The molecule has 2 aromatic carbocycles. The smallest absolute Gasteiger partial charge is 0.344 e. The van der Waals surface area contributed by atoms with Gasteiger partial charge in [-0.2, -0.15) is 0 Å². The van der Waals surface area contributed by atoms with Crippen LogP contribution < -0.4 is 5.73 Å².